The Morgan fingerprint density at radius 2 is 2.17 bits per heavy atom. The van der Waals surface area contributed by atoms with E-state index in [1.54, 1.807) is 43.0 Å². The Kier molecular flexibility index (Phi) is 4.57. The second-order valence-electron chi connectivity index (χ2n) is 8.50. The lowest BCUT2D eigenvalue weighted by atomic mass is 10.1. The third-order valence-electron chi connectivity index (χ3n) is 6.03. The van der Waals surface area contributed by atoms with E-state index in [4.69, 9.17) is 13.0 Å². The van der Waals surface area contributed by atoms with Gasteiger partial charge in [-0.2, -0.15) is 5.10 Å². The summed E-state index contributed by atoms with van der Waals surface area (Å²) in [5.74, 6) is -0.370. The minimum atomic E-state index is -2.70. The molecular weight excluding hydrogens is 463 g/mol. The zero-order valence-electron chi connectivity index (χ0n) is 25.6. The molecule has 186 valence electrons. The number of methoxy groups -OCH3 is 1. The first-order valence-electron chi connectivity index (χ1n) is 14.1. The highest BCUT2D eigenvalue weighted by atomic mass is 19.1. The van der Waals surface area contributed by atoms with E-state index in [1.807, 2.05) is 0 Å². The summed E-state index contributed by atoms with van der Waals surface area (Å²) in [6, 6.07) is 5.53. The highest BCUT2D eigenvalue weighted by molar-refractivity contribution is 5.92. The lowest BCUT2D eigenvalue weighted by molar-refractivity contribution is 0.0380. The molecule has 0 saturated carbocycles. The molecule has 3 aromatic heterocycles. The Labute approximate surface area is 216 Å². The maximum Gasteiger partial charge on any atom is 0.290 e. The zero-order valence-corrected chi connectivity index (χ0v) is 19.6. The van der Waals surface area contributed by atoms with Gasteiger partial charge in [-0.05, 0) is 36.5 Å². The van der Waals surface area contributed by atoms with Crippen LogP contribution in [0.25, 0.3) is 11.4 Å². The molecule has 0 saturated heterocycles. The normalized spacial score (nSPS) is 18.5. The Morgan fingerprint density at radius 3 is 2.92 bits per heavy atom. The summed E-state index contributed by atoms with van der Waals surface area (Å²) in [6.45, 7) is -1.23. The summed E-state index contributed by atoms with van der Waals surface area (Å²) in [5.41, 5.74) is 0.871. The van der Waals surface area contributed by atoms with E-state index in [0.29, 0.717) is 16.9 Å². The van der Waals surface area contributed by atoms with Crippen LogP contribution < -0.4 is 5.32 Å². The van der Waals surface area contributed by atoms with Crippen molar-refractivity contribution >= 4 is 17.7 Å². The van der Waals surface area contributed by atoms with Crippen LogP contribution >= 0.6 is 0 Å². The standard InChI is InChI=1S/C25H27FN8O2/c1-15-5-6-17(9-19(15)26)11-34-18(14-36-4)12-33-13-20(29-23(33)24(34)35)22-16(2)10-27-25(31-22)30-21-7-8-28-32(21)3/h5-10,13,18H,11-12,14H2,1-4H3,(H,27,30,31)/i2D3,4D3. The first-order chi connectivity index (χ1) is 19.7. The van der Waals surface area contributed by atoms with E-state index < -0.39 is 31.7 Å². The zero-order chi connectivity index (χ0) is 30.4. The number of benzene rings is 1. The van der Waals surface area contributed by atoms with Gasteiger partial charge in [-0.1, -0.05) is 12.1 Å². The molecular formula is C25H27FN8O2. The number of anilines is 2. The minimum Gasteiger partial charge on any atom is -0.382 e. The van der Waals surface area contributed by atoms with Crippen LogP contribution in [0.15, 0.2) is 42.9 Å². The molecule has 1 amide bonds. The molecule has 1 atom stereocenters. The van der Waals surface area contributed by atoms with Gasteiger partial charge in [0.05, 0.1) is 28.7 Å². The lowest BCUT2D eigenvalue weighted by Gasteiger charge is -2.35. The molecule has 1 aromatic carbocycles. The fourth-order valence-corrected chi connectivity index (χ4v) is 4.08. The molecule has 0 radical (unpaired) electrons. The van der Waals surface area contributed by atoms with Crippen molar-refractivity contribution in [1.82, 2.24) is 34.2 Å². The number of hydrogen-bond acceptors (Lipinski definition) is 7. The van der Waals surface area contributed by atoms with Gasteiger partial charge in [-0.3, -0.25) is 9.48 Å². The molecule has 1 unspecified atom stereocenters. The van der Waals surface area contributed by atoms with Crippen LogP contribution in [0.4, 0.5) is 16.2 Å². The van der Waals surface area contributed by atoms with Crippen LogP contribution in [0.3, 0.4) is 0 Å². The van der Waals surface area contributed by atoms with Crippen LogP contribution in [0.5, 0.6) is 0 Å². The van der Waals surface area contributed by atoms with Gasteiger partial charge in [0.15, 0.2) is 5.82 Å². The summed E-state index contributed by atoms with van der Waals surface area (Å²) in [5, 5.41) is 7.05. The monoisotopic (exact) mass is 496 g/mol. The van der Waals surface area contributed by atoms with Gasteiger partial charge in [0.2, 0.25) is 5.95 Å². The number of amides is 1. The summed E-state index contributed by atoms with van der Waals surface area (Å²) in [6.07, 6.45) is 4.24. The number of ether oxygens (including phenoxy) is 1. The van der Waals surface area contributed by atoms with Gasteiger partial charge in [0.25, 0.3) is 5.91 Å². The third kappa shape index (κ3) is 4.44. The van der Waals surface area contributed by atoms with Gasteiger partial charge in [0, 0.05) is 49.7 Å². The van der Waals surface area contributed by atoms with E-state index in [9.17, 15) is 9.18 Å². The molecule has 4 heterocycles. The van der Waals surface area contributed by atoms with E-state index in [1.165, 1.54) is 27.9 Å². The van der Waals surface area contributed by atoms with E-state index >= 15 is 0 Å². The summed E-state index contributed by atoms with van der Waals surface area (Å²) >= 11 is 0. The molecule has 1 aliphatic rings. The first-order valence-corrected chi connectivity index (χ1v) is 11.1. The highest BCUT2D eigenvalue weighted by Gasteiger charge is 2.35. The molecule has 0 fully saturated rings. The number of hydrogen-bond donors (Lipinski definition) is 1. The van der Waals surface area contributed by atoms with Crippen molar-refractivity contribution in [1.29, 1.82) is 0 Å². The molecule has 36 heavy (non-hydrogen) atoms. The average molecular weight is 497 g/mol. The molecule has 0 aliphatic carbocycles. The second kappa shape index (κ2) is 9.50. The Balaban J connectivity index is 1.53. The number of halogens is 1. The molecule has 4 aromatic rings. The largest absolute Gasteiger partial charge is 0.382 e. The molecule has 10 nitrogen and oxygen atoms in total. The smallest absolute Gasteiger partial charge is 0.290 e. The fraction of sp³-hybridized carbons (Fsp3) is 0.320. The lowest BCUT2D eigenvalue weighted by Crippen LogP contribution is -2.49. The van der Waals surface area contributed by atoms with Crippen molar-refractivity contribution in [3.05, 3.63) is 71.2 Å². The number of fused-ring (bicyclic) bond motifs is 1. The van der Waals surface area contributed by atoms with Crippen LogP contribution in [0, 0.1) is 19.6 Å². The molecule has 0 bridgehead atoms. The molecule has 1 N–H and O–H groups in total. The number of aryl methyl sites for hydroxylation is 3. The van der Waals surface area contributed by atoms with Gasteiger partial charge >= 0.3 is 0 Å². The first kappa shape index (κ1) is 17.3. The van der Waals surface area contributed by atoms with Crippen molar-refractivity contribution in [2.24, 2.45) is 7.05 Å². The third-order valence-corrected chi connectivity index (χ3v) is 6.03. The molecule has 11 heteroatoms. The number of aromatic nitrogens is 6. The SMILES string of the molecule is [2H]C([2H])([2H])OCC1Cn2cc(-c3nc(Nc4ccnn4C)ncc3C([2H])([2H])[2H])nc2C(=O)N1Cc1ccc(C)c(F)c1. The summed E-state index contributed by atoms with van der Waals surface area (Å²) in [4.78, 5) is 28.1. The quantitative estimate of drug-likeness (QED) is 0.419. The van der Waals surface area contributed by atoms with Crippen molar-refractivity contribution in [2.45, 2.75) is 32.9 Å². The van der Waals surface area contributed by atoms with Gasteiger partial charge in [-0.15, -0.1) is 0 Å². The van der Waals surface area contributed by atoms with E-state index in [-0.39, 0.29) is 48.4 Å². The predicted octanol–water partition coefficient (Wildman–Crippen LogP) is 3.24. The molecule has 5 rings (SSSR count). The van der Waals surface area contributed by atoms with Gasteiger partial charge in [0.1, 0.15) is 17.3 Å². The van der Waals surface area contributed by atoms with Crippen LogP contribution in [0.2, 0.25) is 0 Å². The molecule has 0 spiro atoms. The Hall–Kier alpha value is -4.12. The van der Waals surface area contributed by atoms with Crippen molar-refractivity contribution in [2.75, 3.05) is 19.0 Å². The number of nitrogens with one attached hydrogen (secondary N) is 1. The Morgan fingerprint density at radius 1 is 1.28 bits per heavy atom. The van der Waals surface area contributed by atoms with E-state index in [0.717, 1.165) is 0 Å². The molecule has 1 aliphatic heterocycles. The highest BCUT2D eigenvalue weighted by Crippen LogP contribution is 2.27. The number of rotatable bonds is 7. The number of carbonyl (C=O) groups excluding carboxylic acids is 1. The van der Waals surface area contributed by atoms with Crippen molar-refractivity contribution < 1.29 is 22.1 Å². The van der Waals surface area contributed by atoms with Crippen LogP contribution in [-0.2, 0) is 24.9 Å². The van der Waals surface area contributed by atoms with Crippen LogP contribution in [-0.4, -0.2) is 59.8 Å². The second-order valence-corrected chi connectivity index (χ2v) is 8.50. The summed E-state index contributed by atoms with van der Waals surface area (Å²) in [7, 11) is -0.990. The van der Waals surface area contributed by atoms with E-state index in [2.05, 4.69) is 25.4 Å². The topological polar surface area (TPSA) is 103 Å². The fourth-order valence-electron chi connectivity index (χ4n) is 4.08. The van der Waals surface area contributed by atoms with Gasteiger partial charge in [-0.25, -0.2) is 19.3 Å². The van der Waals surface area contributed by atoms with Crippen LogP contribution in [0.1, 0.15) is 35.5 Å². The Bertz CT molecular complexity index is 1630. The van der Waals surface area contributed by atoms with Crippen molar-refractivity contribution in [3.8, 4) is 11.4 Å². The maximum atomic E-state index is 14.3. The number of imidazole rings is 1. The minimum absolute atomic E-state index is 0.00758. The van der Waals surface area contributed by atoms with Gasteiger partial charge < -0.3 is 19.5 Å². The maximum absolute atomic E-state index is 14.3. The number of nitrogens with zero attached hydrogens (tertiary/aromatic N) is 7. The number of carbonyl (C=O) groups is 1. The van der Waals surface area contributed by atoms with Crippen molar-refractivity contribution in [3.63, 3.8) is 0 Å². The average Bonchev–Trinajstić information content (AvgIpc) is 3.52. The predicted molar refractivity (Wildman–Crippen MR) is 131 cm³/mol. The summed E-state index contributed by atoms with van der Waals surface area (Å²) < 4.78 is 68.8.